The van der Waals surface area contributed by atoms with E-state index in [4.69, 9.17) is 9.63 Å². The highest BCUT2D eigenvalue weighted by molar-refractivity contribution is 5.70. The van der Waals surface area contributed by atoms with Gasteiger partial charge in [0.15, 0.2) is 0 Å². The summed E-state index contributed by atoms with van der Waals surface area (Å²) in [5.41, 5.74) is 0.388. The maximum absolute atomic E-state index is 11.4. The van der Waals surface area contributed by atoms with E-state index in [9.17, 15) is 9.59 Å². The number of hydrogen-bond acceptors (Lipinski definition) is 4. The van der Waals surface area contributed by atoms with Crippen molar-refractivity contribution >= 4 is 5.97 Å². The summed E-state index contributed by atoms with van der Waals surface area (Å²) in [5.74, 6) is -0.807. The molecule has 0 radical (unpaired) electrons. The van der Waals surface area contributed by atoms with Crippen LogP contribution in [0.3, 0.4) is 0 Å². The van der Waals surface area contributed by atoms with Crippen molar-refractivity contribution in [3.05, 3.63) is 21.7 Å². The molecule has 2 heterocycles. The number of piperidine rings is 1. The Balaban J connectivity index is 2.20. The number of aromatic amines is 1. The lowest BCUT2D eigenvalue weighted by molar-refractivity contribution is -0.136. The molecule has 0 spiro atoms. The molecule has 0 saturated carbocycles. The summed E-state index contributed by atoms with van der Waals surface area (Å²) >= 11 is 0. The van der Waals surface area contributed by atoms with Crippen molar-refractivity contribution in [1.29, 1.82) is 0 Å². The fourth-order valence-corrected chi connectivity index (χ4v) is 2.28. The number of nitrogens with one attached hydrogen (secondary N) is 1. The van der Waals surface area contributed by atoms with Gasteiger partial charge in [0.1, 0.15) is 0 Å². The van der Waals surface area contributed by atoms with Crippen LogP contribution in [-0.4, -0.2) is 41.3 Å². The highest BCUT2D eigenvalue weighted by atomic mass is 16.5. The average Bonchev–Trinajstić information content (AvgIpc) is 2.61. The van der Waals surface area contributed by atoms with Crippen molar-refractivity contribution < 1.29 is 14.4 Å². The van der Waals surface area contributed by atoms with Crippen LogP contribution in [0.25, 0.3) is 0 Å². The van der Waals surface area contributed by atoms with Gasteiger partial charge in [-0.05, 0) is 33.0 Å². The summed E-state index contributed by atoms with van der Waals surface area (Å²) in [6.45, 7) is 1.90. The second kappa shape index (κ2) is 4.75. The summed E-state index contributed by atoms with van der Waals surface area (Å²) < 4.78 is 4.72. The smallest absolute Gasteiger partial charge is 0.361 e. The summed E-state index contributed by atoms with van der Waals surface area (Å²) in [7, 11) is 2.05. The number of aromatic nitrogens is 1. The zero-order chi connectivity index (χ0) is 12.4. The SMILES string of the molecule is CN1CCC(c2[nH]oc(=O)c2CC(=O)O)CC1. The van der Waals surface area contributed by atoms with Gasteiger partial charge >= 0.3 is 11.6 Å². The summed E-state index contributed by atoms with van der Waals surface area (Å²) in [6, 6.07) is 0. The lowest BCUT2D eigenvalue weighted by Gasteiger charge is -2.28. The van der Waals surface area contributed by atoms with Crippen LogP contribution in [-0.2, 0) is 11.2 Å². The van der Waals surface area contributed by atoms with Crippen molar-refractivity contribution in [2.45, 2.75) is 25.2 Å². The third-order valence-corrected chi connectivity index (χ3v) is 3.28. The normalized spacial score (nSPS) is 18.4. The van der Waals surface area contributed by atoms with Crippen molar-refractivity contribution in [2.24, 2.45) is 0 Å². The van der Waals surface area contributed by atoms with Gasteiger partial charge in [0.25, 0.3) is 0 Å². The summed E-state index contributed by atoms with van der Waals surface area (Å²) in [5, 5.41) is 11.4. The molecule has 17 heavy (non-hydrogen) atoms. The Bertz CT molecular complexity index is 454. The Morgan fingerprint density at radius 1 is 1.53 bits per heavy atom. The van der Waals surface area contributed by atoms with Gasteiger partial charge in [0, 0.05) is 5.92 Å². The van der Waals surface area contributed by atoms with E-state index >= 15 is 0 Å². The molecular weight excluding hydrogens is 224 g/mol. The predicted octanol–water partition coefficient (Wildman–Crippen LogP) is 0.404. The molecule has 0 amide bonds. The van der Waals surface area contributed by atoms with Crippen LogP contribution in [0.1, 0.15) is 30.0 Å². The molecule has 1 saturated heterocycles. The van der Waals surface area contributed by atoms with Crippen molar-refractivity contribution in [3.63, 3.8) is 0 Å². The maximum atomic E-state index is 11.4. The predicted molar refractivity (Wildman–Crippen MR) is 60.1 cm³/mol. The molecule has 1 aliphatic heterocycles. The first-order valence-corrected chi connectivity index (χ1v) is 5.68. The minimum absolute atomic E-state index is 0.201. The van der Waals surface area contributed by atoms with Gasteiger partial charge < -0.3 is 14.5 Å². The molecule has 2 rings (SSSR count). The first kappa shape index (κ1) is 11.9. The van der Waals surface area contributed by atoms with Crippen molar-refractivity contribution in [1.82, 2.24) is 10.1 Å². The van der Waals surface area contributed by atoms with Crippen LogP contribution < -0.4 is 5.63 Å². The van der Waals surface area contributed by atoms with E-state index in [1.165, 1.54) is 0 Å². The molecule has 1 aromatic heterocycles. The Morgan fingerprint density at radius 2 is 2.18 bits per heavy atom. The molecule has 0 aliphatic carbocycles. The van der Waals surface area contributed by atoms with Crippen molar-refractivity contribution in [3.8, 4) is 0 Å². The van der Waals surface area contributed by atoms with Gasteiger partial charge in [-0.15, -0.1) is 0 Å². The Kier molecular flexibility index (Phi) is 3.33. The molecular formula is C11H16N2O4. The zero-order valence-corrected chi connectivity index (χ0v) is 9.73. The Hall–Kier alpha value is -1.56. The van der Waals surface area contributed by atoms with Crippen LogP contribution >= 0.6 is 0 Å². The molecule has 0 aromatic carbocycles. The topological polar surface area (TPSA) is 86.5 Å². The summed E-state index contributed by atoms with van der Waals surface area (Å²) in [6.07, 6.45) is 1.56. The quantitative estimate of drug-likeness (QED) is 0.798. The van der Waals surface area contributed by atoms with Gasteiger partial charge in [-0.1, -0.05) is 0 Å². The minimum Gasteiger partial charge on any atom is -0.481 e. The monoisotopic (exact) mass is 240 g/mol. The molecule has 0 atom stereocenters. The molecule has 2 N–H and O–H groups in total. The highest BCUT2D eigenvalue weighted by Crippen LogP contribution is 2.27. The van der Waals surface area contributed by atoms with E-state index in [2.05, 4.69) is 10.1 Å². The number of aliphatic carboxylic acids is 1. The number of H-pyrrole nitrogens is 1. The highest BCUT2D eigenvalue weighted by Gasteiger charge is 2.25. The van der Waals surface area contributed by atoms with Gasteiger partial charge in [-0.3, -0.25) is 4.79 Å². The lowest BCUT2D eigenvalue weighted by Crippen LogP contribution is -2.30. The molecule has 94 valence electrons. The van der Waals surface area contributed by atoms with E-state index in [0.29, 0.717) is 5.69 Å². The molecule has 0 unspecified atom stereocenters. The van der Waals surface area contributed by atoms with Gasteiger partial charge in [0.2, 0.25) is 0 Å². The zero-order valence-electron chi connectivity index (χ0n) is 9.73. The number of likely N-dealkylation sites (tertiary alicyclic amines) is 1. The average molecular weight is 240 g/mol. The van der Waals surface area contributed by atoms with E-state index < -0.39 is 11.6 Å². The fraction of sp³-hybridized carbons (Fsp3) is 0.636. The third kappa shape index (κ3) is 2.58. The largest absolute Gasteiger partial charge is 0.481 e. The fourth-order valence-electron chi connectivity index (χ4n) is 2.28. The molecule has 1 aliphatic rings. The van der Waals surface area contributed by atoms with Crippen LogP contribution in [0.15, 0.2) is 9.32 Å². The first-order chi connectivity index (χ1) is 8.08. The third-order valence-electron chi connectivity index (χ3n) is 3.28. The van der Waals surface area contributed by atoms with E-state index in [0.717, 1.165) is 25.9 Å². The number of nitrogens with zero attached hydrogens (tertiary/aromatic N) is 1. The first-order valence-electron chi connectivity index (χ1n) is 5.68. The van der Waals surface area contributed by atoms with Crippen molar-refractivity contribution in [2.75, 3.05) is 20.1 Å². The van der Waals surface area contributed by atoms with E-state index in [1.807, 2.05) is 7.05 Å². The maximum Gasteiger partial charge on any atom is 0.361 e. The summed E-state index contributed by atoms with van der Waals surface area (Å²) in [4.78, 5) is 24.3. The minimum atomic E-state index is -1.01. The number of rotatable bonds is 3. The van der Waals surface area contributed by atoms with E-state index in [-0.39, 0.29) is 17.9 Å². The van der Waals surface area contributed by atoms with E-state index in [1.54, 1.807) is 0 Å². The standard InChI is InChI=1S/C11H16N2O4/c1-13-4-2-7(3-5-13)10-8(6-9(14)15)11(16)17-12-10/h7,12H,2-6H2,1H3,(H,14,15). The second-order valence-electron chi connectivity index (χ2n) is 4.53. The second-order valence-corrected chi connectivity index (χ2v) is 4.53. The number of carboxylic acid groups (broad SMARTS) is 1. The van der Waals surface area contributed by atoms with Gasteiger partial charge in [0.05, 0.1) is 17.7 Å². The Labute approximate surface area is 98.2 Å². The molecule has 1 aromatic rings. The molecule has 6 heteroatoms. The number of carboxylic acids is 1. The van der Waals surface area contributed by atoms with Crippen LogP contribution in [0, 0.1) is 0 Å². The number of carbonyl (C=O) groups is 1. The van der Waals surface area contributed by atoms with Gasteiger partial charge in [-0.2, -0.15) is 0 Å². The lowest BCUT2D eigenvalue weighted by atomic mass is 9.91. The van der Waals surface area contributed by atoms with Crippen LogP contribution in [0.4, 0.5) is 0 Å². The molecule has 0 bridgehead atoms. The number of hydrogen-bond donors (Lipinski definition) is 2. The molecule has 6 nitrogen and oxygen atoms in total. The van der Waals surface area contributed by atoms with Crippen LogP contribution in [0.2, 0.25) is 0 Å². The Morgan fingerprint density at radius 3 is 2.76 bits per heavy atom. The molecule has 1 fully saturated rings. The van der Waals surface area contributed by atoms with Crippen LogP contribution in [0.5, 0.6) is 0 Å². The van der Waals surface area contributed by atoms with Gasteiger partial charge in [-0.25, -0.2) is 9.95 Å².